The molecule has 29 heavy (non-hydrogen) atoms. The van der Waals surface area contributed by atoms with Crippen molar-refractivity contribution in [3.05, 3.63) is 60.2 Å². The summed E-state index contributed by atoms with van der Waals surface area (Å²) in [7, 11) is -3.87. The first kappa shape index (κ1) is 22.9. The van der Waals surface area contributed by atoms with Crippen molar-refractivity contribution in [2.75, 3.05) is 30.6 Å². The maximum atomic E-state index is 13.2. The van der Waals surface area contributed by atoms with Crippen LogP contribution in [0.15, 0.2) is 59.5 Å². The van der Waals surface area contributed by atoms with E-state index in [1.807, 2.05) is 19.1 Å². The number of nitrogens with zero attached hydrogens (tertiary/aromatic N) is 1. The second-order valence-corrected chi connectivity index (χ2v) is 8.83. The normalized spacial score (nSPS) is 11.4. The topological polar surface area (TPSA) is 75.7 Å². The minimum Gasteiger partial charge on any atom is -0.382 e. The smallest absolute Gasteiger partial charge is 0.264 e. The fraction of sp³-hybridized carbons (Fsp3) is 0.409. The molecule has 0 aliphatic heterocycles. The number of sulfonamides is 1. The molecule has 158 valence electrons. The predicted octanol–water partition coefficient (Wildman–Crippen LogP) is 3.55. The standard InChI is InChI=1S/C22H30N2O4S/c1-4-28-16-8-15-23-22(25)17-24(20-13-11-19(12-14-20)18(2)3)29(26,27)21-9-6-5-7-10-21/h5-7,9-14,18H,4,8,15-17H2,1-3H3,(H,23,25). The number of carbonyl (C=O) groups is 1. The second kappa shape index (κ2) is 11.0. The molecular weight excluding hydrogens is 388 g/mol. The van der Waals surface area contributed by atoms with Crippen molar-refractivity contribution in [2.45, 2.75) is 38.0 Å². The highest BCUT2D eigenvalue weighted by atomic mass is 32.2. The number of amides is 1. The summed E-state index contributed by atoms with van der Waals surface area (Å²) < 4.78 is 32.9. The number of hydrogen-bond donors (Lipinski definition) is 1. The van der Waals surface area contributed by atoms with Crippen molar-refractivity contribution in [1.82, 2.24) is 5.32 Å². The number of rotatable bonds is 11. The lowest BCUT2D eigenvalue weighted by molar-refractivity contribution is -0.119. The molecule has 2 aromatic carbocycles. The second-order valence-electron chi connectivity index (χ2n) is 6.97. The molecule has 0 saturated carbocycles. The van der Waals surface area contributed by atoms with E-state index in [-0.39, 0.29) is 17.3 Å². The molecule has 6 nitrogen and oxygen atoms in total. The summed E-state index contributed by atoms with van der Waals surface area (Å²) in [6, 6.07) is 15.4. The molecule has 0 radical (unpaired) electrons. The van der Waals surface area contributed by atoms with Crippen LogP contribution < -0.4 is 9.62 Å². The van der Waals surface area contributed by atoms with E-state index in [4.69, 9.17) is 4.74 Å². The third-order valence-corrected chi connectivity index (χ3v) is 6.25. The Morgan fingerprint density at radius 2 is 1.72 bits per heavy atom. The lowest BCUT2D eigenvalue weighted by Crippen LogP contribution is -2.41. The van der Waals surface area contributed by atoms with Crippen molar-refractivity contribution in [3.8, 4) is 0 Å². The van der Waals surface area contributed by atoms with Crippen LogP contribution in [0.25, 0.3) is 0 Å². The SMILES string of the molecule is CCOCCCNC(=O)CN(c1ccc(C(C)C)cc1)S(=O)(=O)c1ccccc1. The molecule has 0 aliphatic carbocycles. The molecule has 0 aromatic heterocycles. The molecule has 0 atom stereocenters. The highest BCUT2D eigenvalue weighted by molar-refractivity contribution is 7.92. The molecule has 2 rings (SSSR count). The van der Waals surface area contributed by atoms with Gasteiger partial charge in [0.2, 0.25) is 5.91 Å². The highest BCUT2D eigenvalue weighted by Gasteiger charge is 2.27. The summed E-state index contributed by atoms with van der Waals surface area (Å²) in [4.78, 5) is 12.6. The lowest BCUT2D eigenvalue weighted by Gasteiger charge is -2.24. The molecule has 0 fully saturated rings. The average molecular weight is 419 g/mol. The first-order chi connectivity index (χ1) is 13.9. The van der Waals surface area contributed by atoms with E-state index in [9.17, 15) is 13.2 Å². The summed E-state index contributed by atoms with van der Waals surface area (Å²) in [5.74, 6) is -0.0224. The fourth-order valence-corrected chi connectivity index (χ4v) is 4.23. The molecular formula is C22H30N2O4S. The summed E-state index contributed by atoms with van der Waals surface area (Å²) in [6.45, 7) is 7.39. The number of nitrogens with one attached hydrogen (secondary N) is 1. The molecule has 7 heteroatoms. The first-order valence-electron chi connectivity index (χ1n) is 9.88. The summed E-state index contributed by atoms with van der Waals surface area (Å²) in [6.07, 6.45) is 0.675. The quantitative estimate of drug-likeness (QED) is 0.566. The predicted molar refractivity (Wildman–Crippen MR) is 116 cm³/mol. The van der Waals surface area contributed by atoms with Crippen LogP contribution in [-0.2, 0) is 19.6 Å². The van der Waals surface area contributed by atoms with Crippen LogP contribution in [-0.4, -0.2) is 40.6 Å². The van der Waals surface area contributed by atoms with Crippen molar-refractivity contribution in [3.63, 3.8) is 0 Å². The van der Waals surface area contributed by atoms with Gasteiger partial charge in [-0.2, -0.15) is 0 Å². The van der Waals surface area contributed by atoms with Crippen LogP contribution in [0.5, 0.6) is 0 Å². The van der Waals surface area contributed by atoms with Gasteiger partial charge < -0.3 is 10.1 Å². The van der Waals surface area contributed by atoms with Crippen LogP contribution in [0.1, 0.15) is 38.7 Å². The van der Waals surface area contributed by atoms with Gasteiger partial charge in [-0.25, -0.2) is 8.42 Å². The van der Waals surface area contributed by atoms with Crippen LogP contribution in [0.3, 0.4) is 0 Å². The minimum absolute atomic E-state index is 0.150. The Bertz CT molecular complexity index is 865. The third-order valence-electron chi connectivity index (χ3n) is 4.46. The number of anilines is 1. The van der Waals surface area contributed by atoms with Gasteiger partial charge in [0.25, 0.3) is 10.0 Å². The lowest BCUT2D eigenvalue weighted by atomic mass is 10.0. The van der Waals surface area contributed by atoms with Crippen LogP contribution in [0, 0.1) is 0 Å². The molecule has 1 amide bonds. The van der Waals surface area contributed by atoms with Gasteiger partial charge >= 0.3 is 0 Å². The van der Waals surface area contributed by atoms with E-state index >= 15 is 0 Å². The molecule has 0 spiro atoms. The van der Waals surface area contributed by atoms with Crippen molar-refractivity contribution >= 4 is 21.6 Å². The third kappa shape index (κ3) is 6.58. The maximum absolute atomic E-state index is 13.2. The monoisotopic (exact) mass is 418 g/mol. The zero-order chi connectivity index (χ0) is 21.3. The zero-order valence-corrected chi connectivity index (χ0v) is 18.1. The Balaban J connectivity index is 2.23. The van der Waals surface area contributed by atoms with Gasteiger partial charge in [-0.05, 0) is 49.1 Å². The Morgan fingerprint density at radius 3 is 2.31 bits per heavy atom. The molecule has 0 heterocycles. The van der Waals surface area contributed by atoms with E-state index in [0.29, 0.717) is 37.8 Å². The molecule has 0 bridgehead atoms. The van der Waals surface area contributed by atoms with Crippen LogP contribution >= 0.6 is 0 Å². The summed E-state index contributed by atoms with van der Waals surface area (Å²) in [5, 5.41) is 2.77. The Kier molecular flexibility index (Phi) is 8.67. The molecule has 0 saturated heterocycles. The first-order valence-corrected chi connectivity index (χ1v) is 11.3. The fourth-order valence-electron chi connectivity index (χ4n) is 2.79. The summed E-state index contributed by atoms with van der Waals surface area (Å²) >= 11 is 0. The Morgan fingerprint density at radius 1 is 1.07 bits per heavy atom. The average Bonchev–Trinajstić information content (AvgIpc) is 2.72. The van der Waals surface area contributed by atoms with Gasteiger partial charge in [-0.15, -0.1) is 0 Å². The number of carbonyl (C=O) groups excluding carboxylic acids is 1. The van der Waals surface area contributed by atoms with Gasteiger partial charge in [0, 0.05) is 19.8 Å². The molecule has 2 aromatic rings. The molecule has 0 unspecified atom stereocenters. The van der Waals surface area contributed by atoms with Gasteiger partial charge in [0.05, 0.1) is 10.6 Å². The van der Waals surface area contributed by atoms with Gasteiger partial charge in [0.15, 0.2) is 0 Å². The van der Waals surface area contributed by atoms with Crippen LogP contribution in [0.4, 0.5) is 5.69 Å². The van der Waals surface area contributed by atoms with Crippen molar-refractivity contribution in [1.29, 1.82) is 0 Å². The largest absolute Gasteiger partial charge is 0.382 e. The Labute approximate surface area is 173 Å². The van der Waals surface area contributed by atoms with Gasteiger partial charge in [0.1, 0.15) is 6.54 Å². The van der Waals surface area contributed by atoms with Crippen molar-refractivity contribution < 1.29 is 17.9 Å². The number of ether oxygens (including phenoxy) is 1. The van der Waals surface area contributed by atoms with Crippen LogP contribution in [0.2, 0.25) is 0 Å². The highest BCUT2D eigenvalue weighted by Crippen LogP contribution is 2.25. The van der Waals surface area contributed by atoms with E-state index < -0.39 is 10.0 Å². The van der Waals surface area contributed by atoms with E-state index in [0.717, 1.165) is 9.87 Å². The number of benzene rings is 2. The molecule has 0 aliphatic rings. The van der Waals surface area contributed by atoms with Gasteiger partial charge in [-0.3, -0.25) is 9.10 Å². The summed E-state index contributed by atoms with van der Waals surface area (Å²) in [5.41, 5.74) is 1.56. The minimum atomic E-state index is -3.87. The van der Waals surface area contributed by atoms with Crippen molar-refractivity contribution in [2.24, 2.45) is 0 Å². The number of hydrogen-bond acceptors (Lipinski definition) is 4. The van der Waals surface area contributed by atoms with Gasteiger partial charge in [-0.1, -0.05) is 44.2 Å². The van der Waals surface area contributed by atoms with E-state index in [1.165, 1.54) is 12.1 Å². The molecule has 1 N–H and O–H groups in total. The Hall–Kier alpha value is -2.38. The van der Waals surface area contributed by atoms with E-state index in [1.54, 1.807) is 30.3 Å². The van der Waals surface area contributed by atoms with E-state index in [2.05, 4.69) is 19.2 Å². The maximum Gasteiger partial charge on any atom is 0.264 e. The zero-order valence-electron chi connectivity index (χ0n) is 17.3.